The van der Waals surface area contributed by atoms with Gasteiger partial charge in [0, 0.05) is 19.1 Å². The Labute approximate surface area is 94.6 Å². The number of rotatable bonds is 2. The Kier molecular flexibility index (Phi) is 3.14. The Bertz CT molecular complexity index is 366. The largest absolute Gasteiger partial charge is 0.338 e. The van der Waals surface area contributed by atoms with Crippen LogP contribution in [0.5, 0.6) is 0 Å². The van der Waals surface area contributed by atoms with Gasteiger partial charge in [-0.05, 0) is 25.3 Å². The van der Waals surface area contributed by atoms with E-state index in [9.17, 15) is 4.79 Å². The maximum absolute atomic E-state index is 12.0. The van der Waals surface area contributed by atoms with Gasteiger partial charge in [-0.2, -0.15) is 10.2 Å². The Morgan fingerprint density at radius 2 is 2.44 bits per heavy atom. The Hall–Kier alpha value is -1.49. The summed E-state index contributed by atoms with van der Waals surface area (Å²) in [6.45, 7) is 3.53. The van der Waals surface area contributed by atoms with E-state index in [1.165, 1.54) is 12.4 Å². The van der Waals surface area contributed by atoms with Gasteiger partial charge >= 0.3 is 0 Å². The molecular weight excluding hydrogens is 204 g/mol. The van der Waals surface area contributed by atoms with Crippen LogP contribution < -0.4 is 5.73 Å². The van der Waals surface area contributed by atoms with Crippen molar-refractivity contribution in [3.63, 3.8) is 0 Å². The van der Waals surface area contributed by atoms with E-state index in [1.54, 1.807) is 6.07 Å². The van der Waals surface area contributed by atoms with Crippen molar-refractivity contribution < 1.29 is 4.79 Å². The van der Waals surface area contributed by atoms with Crippen LogP contribution in [0.15, 0.2) is 18.5 Å². The number of likely N-dealkylation sites (tertiary alicyclic amines) is 1. The molecule has 5 heteroatoms. The van der Waals surface area contributed by atoms with Gasteiger partial charge < -0.3 is 10.6 Å². The zero-order valence-electron chi connectivity index (χ0n) is 9.34. The molecule has 0 saturated carbocycles. The molecule has 1 amide bonds. The molecule has 0 bridgehead atoms. The zero-order chi connectivity index (χ0) is 11.5. The van der Waals surface area contributed by atoms with Gasteiger partial charge in [0.2, 0.25) is 0 Å². The lowest BCUT2D eigenvalue weighted by Crippen LogP contribution is -2.33. The van der Waals surface area contributed by atoms with Crippen molar-refractivity contribution in [2.75, 3.05) is 13.1 Å². The van der Waals surface area contributed by atoms with E-state index in [0.29, 0.717) is 11.5 Å². The second-order valence-corrected chi connectivity index (χ2v) is 4.29. The SMILES string of the molecule is CC(N)C1CCN(C(=O)c2ccnnc2)C1. The van der Waals surface area contributed by atoms with Crippen LogP contribution in [0, 0.1) is 5.92 Å². The summed E-state index contributed by atoms with van der Waals surface area (Å²) in [6, 6.07) is 1.84. The molecular formula is C11H16N4O. The molecule has 1 aliphatic heterocycles. The first-order valence-corrected chi connectivity index (χ1v) is 5.50. The maximum Gasteiger partial charge on any atom is 0.255 e. The highest BCUT2D eigenvalue weighted by Crippen LogP contribution is 2.20. The minimum atomic E-state index is 0.0260. The molecule has 2 N–H and O–H groups in total. The van der Waals surface area contributed by atoms with Crippen molar-refractivity contribution >= 4 is 5.91 Å². The number of nitrogens with two attached hydrogens (primary N) is 1. The number of carbonyl (C=O) groups is 1. The van der Waals surface area contributed by atoms with Crippen molar-refractivity contribution in [1.82, 2.24) is 15.1 Å². The standard InChI is InChI=1S/C11H16N4O/c1-8(12)10-3-5-15(7-10)11(16)9-2-4-13-14-6-9/h2,4,6,8,10H,3,5,7,12H2,1H3. The predicted molar refractivity (Wildman–Crippen MR) is 59.7 cm³/mol. The van der Waals surface area contributed by atoms with Crippen molar-refractivity contribution in [3.8, 4) is 0 Å². The molecule has 0 spiro atoms. The highest BCUT2D eigenvalue weighted by atomic mass is 16.2. The van der Waals surface area contributed by atoms with Crippen molar-refractivity contribution in [2.24, 2.45) is 11.7 Å². The van der Waals surface area contributed by atoms with Gasteiger partial charge in [-0.15, -0.1) is 0 Å². The smallest absolute Gasteiger partial charge is 0.255 e. The third-order valence-corrected chi connectivity index (χ3v) is 3.09. The summed E-state index contributed by atoms with van der Waals surface area (Å²) in [6.07, 6.45) is 4.02. The number of aromatic nitrogens is 2. The minimum Gasteiger partial charge on any atom is -0.338 e. The number of hydrogen-bond acceptors (Lipinski definition) is 4. The summed E-state index contributed by atoms with van der Waals surface area (Å²) in [5.41, 5.74) is 6.44. The van der Waals surface area contributed by atoms with Crippen LogP contribution in [-0.2, 0) is 0 Å². The highest BCUT2D eigenvalue weighted by Gasteiger charge is 2.28. The fraction of sp³-hybridized carbons (Fsp3) is 0.545. The number of nitrogens with zero attached hydrogens (tertiary/aromatic N) is 3. The molecule has 5 nitrogen and oxygen atoms in total. The van der Waals surface area contributed by atoms with Crippen molar-refractivity contribution in [1.29, 1.82) is 0 Å². The average Bonchev–Trinajstić information content (AvgIpc) is 2.78. The molecule has 2 rings (SSSR count). The summed E-state index contributed by atoms with van der Waals surface area (Å²) in [7, 11) is 0. The molecule has 16 heavy (non-hydrogen) atoms. The number of carbonyl (C=O) groups excluding carboxylic acids is 1. The summed E-state index contributed by atoms with van der Waals surface area (Å²) < 4.78 is 0. The third-order valence-electron chi connectivity index (χ3n) is 3.09. The van der Waals surface area contributed by atoms with Crippen LogP contribution in [-0.4, -0.2) is 40.1 Å². The Balaban J connectivity index is 2.03. The summed E-state index contributed by atoms with van der Waals surface area (Å²) in [5, 5.41) is 7.37. The lowest BCUT2D eigenvalue weighted by atomic mass is 10.0. The van der Waals surface area contributed by atoms with Crippen LogP contribution in [0.4, 0.5) is 0 Å². The van der Waals surface area contributed by atoms with Gasteiger partial charge in [0.15, 0.2) is 0 Å². The fourth-order valence-corrected chi connectivity index (χ4v) is 2.00. The monoisotopic (exact) mass is 220 g/mol. The third kappa shape index (κ3) is 2.19. The van der Waals surface area contributed by atoms with Crippen LogP contribution in [0.1, 0.15) is 23.7 Å². The van der Waals surface area contributed by atoms with Gasteiger partial charge in [0.1, 0.15) is 0 Å². The summed E-state index contributed by atoms with van der Waals surface area (Å²) >= 11 is 0. The lowest BCUT2D eigenvalue weighted by molar-refractivity contribution is 0.0785. The average molecular weight is 220 g/mol. The second-order valence-electron chi connectivity index (χ2n) is 4.29. The molecule has 2 atom stereocenters. The first kappa shape index (κ1) is 11.0. The van der Waals surface area contributed by atoms with E-state index < -0.39 is 0 Å². The Morgan fingerprint density at radius 1 is 1.62 bits per heavy atom. The van der Waals surface area contributed by atoms with Crippen LogP contribution in [0.2, 0.25) is 0 Å². The van der Waals surface area contributed by atoms with E-state index in [-0.39, 0.29) is 11.9 Å². The Morgan fingerprint density at radius 3 is 3.00 bits per heavy atom. The molecule has 1 aromatic rings. The van der Waals surface area contributed by atoms with Crippen LogP contribution in [0.25, 0.3) is 0 Å². The normalized spacial score (nSPS) is 22.1. The quantitative estimate of drug-likeness (QED) is 0.777. The molecule has 1 aromatic heterocycles. The topological polar surface area (TPSA) is 72.1 Å². The van der Waals surface area contributed by atoms with Gasteiger partial charge in [0.25, 0.3) is 5.91 Å². The van der Waals surface area contributed by atoms with Gasteiger partial charge in [-0.1, -0.05) is 0 Å². The van der Waals surface area contributed by atoms with Crippen LogP contribution >= 0.6 is 0 Å². The molecule has 0 radical (unpaired) electrons. The molecule has 2 unspecified atom stereocenters. The molecule has 1 saturated heterocycles. The van der Waals surface area contributed by atoms with Gasteiger partial charge in [-0.25, -0.2) is 0 Å². The predicted octanol–water partition coefficient (Wildman–Crippen LogP) is 0.286. The van der Waals surface area contributed by atoms with E-state index in [4.69, 9.17) is 5.73 Å². The van der Waals surface area contributed by atoms with Gasteiger partial charge in [0.05, 0.1) is 18.0 Å². The fourth-order valence-electron chi connectivity index (χ4n) is 2.00. The number of amides is 1. The maximum atomic E-state index is 12.0. The molecule has 86 valence electrons. The van der Waals surface area contributed by atoms with Gasteiger partial charge in [-0.3, -0.25) is 4.79 Å². The highest BCUT2D eigenvalue weighted by molar-refractivity contribution is 5.93. The van der Waals surface area contributed by atoms with E-state index in [2.05, 4.69) is 10.2 Å². The molecule has 1 fully saturated rings. The van der Waals surface area contributed by atoms with Crippen molar-refractivity contribution in [2.45, 2.75) is 19.4 Å². The van der Waals surface area contributed by atoms with Crippen molar-refractivity contribution in [3.05, 3.63) is 24.0 Å². The molecule has 0 aliphatic carbocycles. The lowest BCUT2D eigenvalue weighted by Gasteiger charge is -2.17. The van der Waals surface area contributed by atoms with E-state index in [1.807, 2.05) is 11.8 Å². The molecule has 1 aliphatic rings. The molecule has 2 heterocycles. The first-order chi connectivity index (χ1) is 7.68. The second kappa shape index (κ2) is 4.57. The van der Waals surface area contributed by atoms with E-state index >= 15 is 0 Å². The zero-order valence-corrected chi connectivity index (χ0v) is 9.34. The van der Waals surface area contributed by atoms with Crippen LogP contribution in [0.3, 0.4) is 0 Å². The summed E-state index contributed by atoms with van der Waals surface area (Å²) in [5.74, 6) is 0.441. The molecule has 0 aromatic carbocycles. The van der Waals surface area contributed by atoms with E-state index in [0.717, 1.165) is 19.5 Å². The summed E-state index contributed by atoms with van der Waals surface area (Å²) in [4.78, 5) is 13.9. The first-order valence-electron chi connectivity index (χ1n) is 5.50. The number of hydrogen-bond donors (Lipinski definition) is 1. The minimum absolute atomic E-state index is 0.0260.